The highest BCUT2D eigenvalue weighted by atomic mass is 16.3. The average molecular weight is 421 g/mol. The van der Waals surface area contributed by atoms with Crippen molar-refractivity contribution in [2.45, 2.75) is 39.2 Å². The SMILES string of the molecule is CC(C)(C)c1ccc2oc(CN3CCN(C(=O)NCCc4ccccc4)CC3)nc2c1. The summed E-state index contributed by atoms with van der Waals surface area (Å²) in [7, 11) is 0. The molecule has 1 aromatic heterocycles. The first-order valence-electron chi connectivity index (χ1n) is 11.1. The predicted octanol–water partition coefficient (Wildman–Crippen LogP) is 4.20. The van der Waals surface area contributed by atoms with Crippen molar-refractivity contribution in [3.05, 3.63) is 65.5 Å². The maximum absolute atomic E-state index is 12.4. The Kier molecular flexibility index (Phi) is 6.28. The molecular formula is C25H32N4O2. The number of hydrogen-bond donors (Lipinski definition) is 1. The molecule has 6 nitrogen and oxygen atoms in total. The topological polar surface area (TPSA) is 61.6 Å². The van der Waals surface area contributed by atoms with Crippen LogP contribution in [0.3, 0.4) is 0 Å². The second-order valence-electron chi connectivity index (χ2n) is 9.27. The molecule has 2 heterocycles. The Labute approximate surface area is 184 Å². The van der Waals surface area contributed by atoms with Gasteiger partial charge in [-0.2, -0.15) is 0 Å². The van der Waals surface area contributed by atoms with Crippen LogP contribution in [0.5, 0.6) is 0 Å². The Morgan fingerprint density at radius 2 is 1.81 bits per heavy atom. The molecule has 0 bridgehead atoms. The summed E-state index contributed by atoms with van der Waals surface area (Å²) >= 11 is 0. The molecule has 0 spiro atoms. The smallest absolute Gasteiger partial charge is 0.317 e. The predicted molar refractivity (Wildman–Crippen MR) is 123 cm³/mol. The van der Waals surface area contributed by atoms with Gasteiger partial charge in [0.05, 0.1) is 6.54 Å². The number of carbonyl (C=O) groups is 1. The van der Waals surface area contributed by atoms with E-state index in [9.17, 15) is 4.79 Å². The molecule has 31 heavy (non-hydrogen) atoms. The molecule has 0 saturated carbocycles. The van der Waals surface area contributed by atoms with Crippen LogP contribution in [0.4, 0.5) is 4.79 Å². The van der Waals surface area contributed by atoms with E-state index >= 15 is 0 Å². The van der Waals surface area contributed by atoms with E-state index in [0.29, 0.717) is 26.2 Å². The van der Waals surface area contributed by atoms with Gasteiger partial charge in [-0.25, -0.2) is 9.78 Å². The number of hydrogen-bond acceptors (Lipinski definition) is 4. The third kappa shape index (κ3) is 5.44. The van der Waals surface area contributed by atoms with Crippen molar-refractivity contribution >= 4 is 17.1 Å². The Hall–Kier alpha value is -2.86. The van der Waals surface area contributed by atoms with Gasteiger partial charge in [-0.05, 0) is 35.1 Å². The van der Waals surface area contributed by atoms with E-state index in [1.807, 2.05) is 29.2 Å². The van der Waals surface area contributed by atoms with E-state index in [1.54, 1.807) is 0 Å². The van der Waals surface area contributed by atoms with Crippen LogP contribution in [-0.2, 0) is 18.4 Å². The van der Waals surface area contributed by atoms with E-state index < -0.39 is 0 Å². The number of oxazole rings is 1. The highest BCUT2D eigenvalue weighted by Crippen LogP contribution is 2.26. The van der Waals surface area contributed by atoms with Gasteiger partial charge in [-0.3, -0.25) is 4.90 Å². The second-order valence-corrected chi connectivity index (χ2v) is 9.27. The summed E-state index contributed by atoms with van der Waals surface area (Å²) < 4.78 is 5.96. The van der Waals surface area contributed by atoms with E-state index in [1.165, 1.54) is 11.1 Å². The van der Waals surface area contributed by atoms with Gasteiger partial charge in [0, 0.05) is 32.7 Å². The maximum Gasteiger partial charge on any atom is 0.317 e. The van der Waals surface area contributed by atoms with Crippen molar-refractivity contribution in [3.63, 3.8) is 0 Å². The first-order chi connectivity index (χ1) is 14.9. The Balaban J connectivity index is 1.25. The van der Waals surface area contributed by atoms with E-state index in [2.05, 4.69) is 55.3 Å². The summed E-state index contributed by atoms with van der Waals surface area (Å²) in [5, 5.41) is 3.04. The summed E-state index contributed by atoms with van der Waals surface area (Å²) in [6.07, 6.45) is 0.848. The highest BCUT2D eigenvalue weighted by molar-refractivity contribution is 5.74. The number of amides is 2. The van der Waals surface area contributed by atoms with Crippen molar-refractivity contribution in [3.8, 4) is 0 Å². The normalized spacial score (nSPS) is 15.4. The number of benzene rings is 2. The standard InChI is InChI=1S/C25H32N4O2/c1-25(2,3)20-9-10-22-21(17-20)27-23(31-22)18-28-13-15-29(16-14-28)24(30)26-12-11-19-7-5-4-6-8-19/h4-10,17H,11-16,18H2,1-3H3,(H,26,30). The molecule has 164 valence electrons. The molecule has 2 amide bonds. The summed E-state index contributed by atoms with van der Waals surface area (Å²) in [6.45, 7) is 11.0. The molecule has 3 aromatic rings. The molecule has 0 atom stereocenters. The minimum atomic E-state index is 0.0205. The van der Waals surface area contributed by atoms with Crippen LogP contribution in [0.2, 0.25) is 0 Å². The summed E-state index contributed by atoms with van der Waals surface area (Å²) in [4.78, 5) is 21.3. The lowest BCUT2D eigenvalue weighted by molar-refractivity contribution is 0.129. The number of urea groups is 1. The van der Waals surface area contributed by atoms with Gasteiger partial charge >= 0.3 is 6.03 Å². The third-order valence-corrected chi connectivity index (χ3v) is 5.85. The van der Waals surface area contributed by atoms with Crippen LogP contribution < -0.4 is 5.32 Å². The zero-order valence-corrected chi connectivity index (χ0v) is 18.7. The molecular weight excluding hydrogens is 388 g/mol. The molecule has 1 fully saturated rings. The first kappa shape index (κ1) is 21.4. The van der Waals surface area contributed by atoms with Crippen LogP contribution >= 0.6 is 0 Å². The Morgan fingerprint density at radius 3 is 2.52 bits per heavy atom. The van der Waals surface area contributed by atoms with Crippen LogP contribution in [-0.4, -0.2) is 53.5 Å². The van der Waals surface area contributed by atoms with E-state index in [0.717, 1.165) is 36.5 Å². The summed E-state index contributed by atoms with van der Waals surface area (Å²) in [5.41, 5.74) is 4.33. The molecule has 1 N–H and O–H groups in total. The number of nitrogens with one attached hydrogen (secondary N) is 1. The lowest BCUT2D eigenvalue weighted by atomic mass is 9.87. The van der Waals surface area contributed by atoms with E-state index in [4.69, 9.17) is 9.40 Å². The highest BCUT2D eigenvalue weighted by Gasteiger charge is 2.22. The number of piperazine rings is 1. The van der Waals surface area contributed by atoms with Gasteiger partial charge in [0.2, 0.25) is 5.89 Å². The summed E-state index contributed by atoms with van der Waals surface area (Å²) in [5.74, 6) is 0.738. The minimum absolute atomic E-state index is 0.0205. The first-order valence-corrected chi connectivity index (χ1v) is 11.1. The minimum Gasteiger partial charge on any atom is -0.439 e. The van der Waals surface area contributed by atoms with Gasteiger partial charge < -0.3 is 14.6 Å². The number of nitrogens with zero attached hydrogens (tertiary/aromatic N) is 3. The largest absolute Gasteiger partial charge is 0.439 e. The number of fused-ring (bicyclic) bond motifs is 1. The number of rotatable bonds is 5. The molecule has 1 aliphatic heterocycles. The molecule has 0 aliphatic carbocycles. The van der Waals surface area contributed by atoms with Crippen LogP contribution in [0, 0.1) is 0 Å². The monoisotopic (exact) mass is 420 g/mol. The van der Waals surface area contributed by atoms with E-state index in [-0.39, 0.29) is 11.4 Å². The molecule has 1 saturated heterocycles. The number of carbonyl (C=O) groups excluding carboxylic acids is 1. The molecule has 1 aliphatic rings. The van der Waals surface area contributed by atoms with Crippen molar-refractivity contribution in [2.75, 3.05) is 32.7 Å². The lowest BCUT2D eigenvalue weighted by Gasteiger charge is -2.34. The second kappa shape index (κ2) is 9.10. The number of aromatic nitrogens is 1. The zero-order valence-electron chi connectivity index (χ0n) is 18.7. The van der Waals surface area contributed by atoms with Crippen molar-refractivity contribution in [2.24, 2.45) is 0 Å². The fourth-order valence-corrected chi connectivity index (χ4v) is 3.88. The summed E-state index contributed by atoms with van der Waals surface area (Å²) in [6, 6.07) is 16.5. The Morgan fingerprint density at radius 1 is 1.06 bits per heavy atom. The quantitative estimate of drug-likeness (QED) is 0.672. The van der Waals surface area contributed by atoms with Crippen LogP contribution in [0.25, 0.3) is 11.1 Å². The lowest BCUT2D eigenvalue weighted by Crippen LogP contribution is -2.51. The molecule has 0 unspecified atom stereocenters. The Bertz CT molecular complexity index is 1010. The van der Waals surface area contributed by atoms with Crippen LogP contribution in [0.15, 0.2) is 52.9 Å². The molecule has 6 heteroatoms. The van der Waals surface area contributed by atoms with Gasteiger partial charge in [0.1, 0.15) is 5.52 Å². The van der Waals surface area contributed by atoms with Gasteiger partial charge in [0.25, 0.3) is 0 Å². The van der Waals surface area contributed by atoms with Gasteiger partial charge in [-0.1, -0.05) is 57.2 Å². The fraction of sp³-hybridized carbons (Fsp3) is 0.440. The van der Waals surface area contributed by atoms with Gasteiger partial charge in [0.15, 0.2) is 5.58 Å². The maximum atomic E-state index is 12.4. The fourth-order valence-electron chi connectivity index (χ4n) is 3.88. The molecule has 2 aromatic carbocycles. The van der Waals surface area contributed by atoms with Crippen LogP contribution in [0.1, 0.15) is 37.8 Å². The van der Waals surface area contributed by atoms with Crippen molar-refractivity contribution in [1.29, 1.82) is 0 Å². The molecule has 0 radical (unpaired) electrons. The van der Waals surface area contributed by atoms with Crippen molar-refractivity contribution in [1.82, 2.24) is 20.1 Å². The zero-order chi connectivity index (χ0) is 21.8. The molecule has 4 rings (SSSR count). The van der Waals surface area contributed by atoms with Gasteiger partial charge in [-0.15, -0.1) is 0 Å². The van der Waals surface area contributed by atoms with Crippen molar-refractivity contribution < 1.29 is 9.21 Å². The third-order valence-electron chi connectivity index (χ3n) is 5.85. The average Bonchev–Trinajstić information content (AvgIpc) is 3.16.